The second-order valence-electron chi connectivity index (χ2n) is 6.67. The van der Waals surface area contributed by atoms with Crippen LogP contribution in [0.4, 0.5) is 0 Å². The predicted octanol–water partition coefficient (Wildman–Crippen LogP) is 4.60. The minimum atomic E-state index is 0. The van der Waals surface area contributed by atoms with Gasteiger partial charge in [0.05, 0.1) is 0 Å². The zero-order chi connectivity index (χ0) is 17.1. The third-order valence-electron chi connectivity index (χ3n) is 4.63. The molecular weight excluding hydrogens is 389 g/mol. The van der Waals surface area contributed by atoms with Gasteiger partial charge in [-0.25, -0.2) is 4.98 Å². The van der Waals surface area contributed by atoms with Crippen LogP contribution in [-0.2, 0) is 0 Å². The zero-order valence-corrected chi connectivity index (χ0v) is 17.8. The molecule has 4 nitrogen and oxygen atoms in total. The number of likely N-dealkylation sites (N-methyl/N-ethyl adjacent to an activating group) is 1. The van der Waals surface area contributed by atoms with E-state index in [1.165, 1.54) is 5.56 Å². The summed E-state index contributed by atoms with van der Waals surface area (Å²) in [6.45, 7) is 6.06. The van der Waals surface area contributed by atoms with E-state index >= 15 is 0 Å². The van der Waals surface area contributed by atoms with Crippen LogP contribution in [0.2, 0.25) is 0 Å². The molecule has 0 aliphatic carbocycles. The number of aromatic nitrogens is 1. The minimum Gasteiger partial charge on any atom is -0.333 e. The molecule has 1 aromatic carbocycles. The third kappa shape index (κ3) is 4.97. The normalized spacial score (nSPS) is 16.3. The molecule has 1 amide bonds. The van der Waals surface area contributed by atoms with Gasteiger partial charge in [0, 0.05) is 30.1 Å². The maximum Gasteiger partial charge on any atom is 0.273 e. The van der Waals surface area contributed by atoms with Crippen molar-refractivity contribution in [2.75, 3.05) is 20.1 Å². The molecule has 1 fully saturated rings. The van der Waals surface area contributed by atoms with Crippen molar-refractivity contribution in [3.05, 3.63) is 40.9 Å². The van der Waals surface area contributed by atoms with Crippen LogP contribution in [0.25, 0.3) is 10.6 Å². The van der Waals surface area contributed by atoms with Crippen molar-refractivity contribution in [3.8, 4) is 10.6 Å². The van der Waals surface area contributed by atoms with Gasteiger partial charge in [-0.1, -0.05) is 38.1 Å². The molecule has 1 aliphatic rings. The van der Waals surface area contributed by atoms with E-state index in [1.807, 2.05) is 17.3 Å². The maximum absolute atomic E-state index is 12.8. The van der Waals surface area contributed by atoms with Gasteiger partial charge < -0.3 is 10.2 Å². The van der Waals surface area contributed by atoms with Gasteiger partial charge in [-0.3, -0.25) is 4.79 Å². The van der Waals surface area contributed by atoms with E-state index in [9.17, 15) is 4.79 Å². The average molecular weight is 416 g/mol. The number of nitrogens with one attached hydrogen (secondary N) is 1. The van der Waals surface area contributed by atoms with Crippen LogP contribution in [0.15, 0.2) is 29.6 Å². The quantitative estimate of drug-likeness (QED) is 0.775. The molecule has 1 unspecified atom stereocenters. The summed E-state index contributed by atoms with van der Waals surface area (Å²) in [5, 5.41) is 5.99. The number of thiazole rings is 1. The number of nitrogens with zero attached hydrogens (tertiary/aromatic N) is 2. The number of likely N-dealkylation sites (tertiary alicyclic amines) is 1. The fraction of sp³-hybridized carbons (Fsp3) is 0.474. The molecule has 3 rings (SSSR count). The topological polar surface area (TPSA) is 45.2 Å². The lowest BCUT2D eigenvalue weighted by Gasteiger charge is -2.23. The Labute approximate surface area is 172 Å². The molecule has 1 aromatic heterocycles. The molecule has 0 radical (unpaired) electrons. The number of hydrogen-bond acceptors (Lipinski definition) is 4. The van der Waals surface area contributed by atoms with Gasteiger partial charge in [0.1, 0.15) is 10.7 Å². The van der Waals surface area contributed by atoms with E-state index in [0.717, 1.165) is 36.5 Å². The molecule has 7 heteroatoms. The summed E-state index contributed by atoms with van der Waals surface area (Å²) in [6, 6.07) is 8.78. The summed E-state index contributed by atoms with van der Waals surface area (Å²) >= 11 is 1.54. The fourth-order valence-corrected chi connectivity index (χ4v) is 4.01. The standard InChI is InChI=1S/C19H25N3OS.2ClH/c1-13(2)14-6-8-15(9-7-14)18-21-17(12-24-18)19(23)22-10-4-5-16(22)11-20-3;;/h6-9,12-13,16,20H,4-5,10-11H2,1-3H3;2*1H. The Morgan fingerprint density at radius 1 is 1.31 bits per heavy atom. The lowest BCUT2D eigenvalue weighted by atomic mass is 10.0. The van der Waals surface area contributed by atoms with Crippen LogP contribution >= 0.6 is 36.2 Å². The SMILES string of the molecule is CNCC1CCCN1C(=O)c1csc(-c2ccc(C(C)C)cc2)n1.Cl.Cl. The Kier molecular flexibility index (Phi) is 9.04. The summed E-state index contributed by atoms with van der Waals surface area (Å²) in [5.41, 5.74) is 2.97. The van der Waals surface area contributed by atoms with Crippen LogP contribution in [0, 0.1) is 0 Å². The van der Waals surface area contributed by atoms with Crippen molar-refractivity contribution < 1.29 is 4.79 Å². The molecule has 2 aromatic rings. The number of rotatable bonds is 5. The molecule has 2 heterocycles. The van der Waals surface area contributed by atoms with Gasteiger partial charge in [0.25, 0.3) is 5.91 Å². The third-order valence-corrected chi connectivity index (χ3v) is 5.52. The first-order chi connectivity index (χ1) is 11.6. The lowest BCUT2D eigenvalue weighted by Crippen LogP contribution is -2.40. The molecule has 0 bridgehead atoms. The number of benzene rings is 1. The van der Waals surface area contributed by atoms with E-state index in [-0.39, 0.29) is 36.8 Å². The van der Waals surface area contributed by atoms with Gasteiger partial charge in [-0.2, -0.15) is 0 Å². The van der Waals surface area contributed by atoms with Crippen molar-refractivity contribution in [3.63, 3.8) is 0 Å². The Morgan fingerprint density at radius 3 is 2.62 bits per heavy atom. The highest BCUT2D eigenvalue weighted by molar-refractivity contribution is 7.13. The molecule has 0 saturated carbocycles. The maximum atomic E-state index is 12.8. The Balaban J connectivity index is 0.00000169. The van der Waals surface area contributed by atoms with E-state index in [0.29, 0.717) is 11.6 Å². The van der Waals surface area contributed by atoms with Crippen LogP contribution in [-0.4, -0.2) is 42.0 Å². The Bertz CT molecular complexity index is 703. The van der Waals surface area contributed by atoms with Crippen LogP contribution in [0.3, 0.4) is 0 Å². The summed E-state index contributed by atoms with van der Waals surface area (Å²) in [7, 11) is 1.93. The monoisotopic (exact) mass is 415 g/mol. The molecule has 1 N–H and O–H groups in total. The highest BCUT2D eigenvalue weighted by Crippen LogP contribution is 2.27. The van der Waals surface area contributed by atoms with E-state index in [4.69, 9.17) is 0 Å². The smallest absolute Gasteiger partial charge is 0.273 e. The largest absolute Gasteiger partial charge is 0.333 e. The summed E-state index contributed by atoms with van der Waals surface area (Å²) < 4.78 is 0. The minimum absolute atomic E-state index is 0. The second kappa shape index (κ2) is 10.3. The molecule has 26 heavy (non-hydrogen) atoms. The first-order valence-corrected chi connectivity index (χ1v) is 9.49. The number of hydrogen-bond donors (Lipinski definition) is 1. The molecule has 1 atom stereocenters. The predicted molar refractivity (Wildman–Crippen MR) is 114 cm³/mol. The second-order valence-corrected chi connectivity index (χ2v) is 7.52. The number of halogens is 2. The summed E-state index contributed by atoms with van der Waals surface area (Å²) in [4.78, 5) is 19.3. The molecule has 144 valence electrons. The molecule has 0 spiro atoms. The first kappa shape index (κ1) is 22.9. The Morgan fingerprint density at radius 2 is 2.00 bits per heavy atom. The van der Waals surface area contributed by atoms with Gasteiger partial charge in [-0.05, 0) is 31.4 Å². The van der Waals surface area contributed by atoms with Crippen molar-refractivity contribution >= 4 is 42.1 Å². The van der Waals surface area contributed by atoms with Crippen molar-refractivity contribution in [1.82, 2.24) is 15.2 Å². The fourth-order valence-electron chi connectivity index (χ4n) is 3.21. The van der Waals surface area contributed by atoms with Crippen LogP contribution < -0.4 is 5.32 Å². The number of carbonyl (C=O) groups is 1. The van der Waals surface area contributed by atoms with Crippen LogP contribution in [0.1, 0.15) is 48.7 Å². The zero-order valence-electron chi connectivity index (χ0n) is 15.4. The molecule has 1 aliphatic heterocycles. The van der Waals surface area contributed by atoms with Crippen molar-refractivity contribution in [2.45, 2.75) is 38.6 Å². The van der Waals surface area contributed by atoms with Crippen LogP contribution in [0.5, 0.6) is 0 Å². The number of carbonyl (C=O) groups excluding carboxylic acids is 1. The lowest BCUT2D eigenvalue weighted by molar-refractivity contribution is 0.0732. The Hall–Kier alpha value is -1.14. The van der Waals surface area contributed by atoms with Crippen molar-refractivity contribution in [2.24, 2.45) is 0 Å². The van der Waals surface area contributed by atoms with Gasteiger partial charge >= 0.3 is 0 Å². The van der Waals surface area contributed by atoms with Crippen molar-refractivity contribution in [1.29, 1.82) is 0 Å². The van der Waals surface area contributed by atoms with Gasteiger partial charge in [0.2, 0.25) is 0 Å². The molecular formula is C19H27Cl2N3OS. The van der Waals surface area contributed by atoms with E-state index in [1.54, 1.807) is 11.3 Å². The van der Waals surface area contributed by atoms with E-state index < -0.39 is 0 Å². The first-order valence-electron chi connectivity index (χ1n) is 8.61. The molecule has 1 saturated heterocycles. The summed E-state index contributed by atoms with van der Waals surface area (Å²) in [5.74, 6) is 0.584. The average Bonchev–Trinajstić information content (AvgIpc) is 3.24. The van der Waals surface area contributed by atoms with Gasteiger partial charge in [-0.15, -0.1) is 36.2 Å². The highest BCUT2D eigenvalue weighted by atomic mass is 35.5. The van der Waals surface area contributed by atoms with E-state index in [2.05, 4.69) is 48.4 Å². The number of amides is 1. The van der Waals surface area contributed by atoms with Gasteiger partial charge in [0.15, 0.2) is 0 Å². The summed E-state index contributed by atoms with van der Waals surface area (Å²) in [6.07, 6.45) is 2.14. The highest BCUT2D eigenvalue weighted by Gasteiger charge is 2.30.